The number of aryl methyl sites for hydroxylation is 1. The van der Waals surface area contributed by atoms with Crippen LogP contribution in [-0.4, -0.2) is 25.8 Å². The number of halogens is 1. The van der Waals surface area contributed by atoms with Crippen LogP contribution >= 0.6 is 11.6 Å². The number of rotatable bonds is 2. The third-order valence-corrected chi connectivity index (χ3v) is 2.46. The predicted octanol–water partition coefficient (Wildman–Crippen LogP) is 1.83. The van der Waals surface area contributed by atoms with Gasteiger partial charge in [0.1, 0.15) is 17.0 Å². The molecule has 2 heterocycles. The molecule has 0 atom stereocenters. The van der Waals surface area contributed by atoms with Crippen molar-refractivity contribution in [1.82, 2.24) is 14.8 Å². The Balaban J connectivity index is 2.68. The third-order valence-electron chi connectivity index (χ3n) is 2.15. The second-order valence-corrected chi connectivity index (χ2v) is 3.58. The summed E-state index contributed by atoms with van der Waals surface area (Å²) in [6.45, 7) is 0. The van der Waals surface area contributed by atoms with E-state index in [1.165, 1.54) is 10.9 Å². The number of carboxylic acid groups (broad SMARTS) is 1. The lowest BCUT2D eigenvalue weighted by Crippen LogP contribution is -2.02. The molecule has 0 aliphatic rings. The molecule has 82 valence electrons. The van der Waals surface area contributed by atoms with Crippen LogP contribution in [0, 0.1) is 0 Å². The van der Waals surface area contributed by atoms with E-state index in [0.29, 0.717) is 16.4 Å². The van der Waals surface area contributed by atoms with Gasteiger partial charge in [0.15, 0.2) is 0 Å². The Labute approximate surface area is 96.3 Å². The molecule has 0 spiro atoms. The zero-order valence-corrected chi connectivity index (χ0v) is 9.14. The zero-order chi connectivity index (χ0) is 11.7. The van der Waals surface area contributed by atoms with Gasteiger partial charge in [-0.3, -0.25) is 9.67 Å². The topological polar surface area (TPSA) is 68.0 Å². The summed E-state index contributed by atoms with van der Waals surface area (Å²) in [6.07, 6.45) is 2.84. The first-order valence-corrected chi connectivity index (χ1v) is 4.85. The summed E-state index contributed by atoms with van der Waals surface area (Å²) in [7, 11) is 1.65. The summed E-state index contributed by atoms with van der Waals surface area (Å²) in [6, 6.07) is 3.34. The molecular weight excluding hydrogens is 230 g/mol. The highest BCUT2D eigenvalue weighted by Gasteiger charge is 2.19. The quantitative estimate of drug-likeness (QED) is 0.865. The van der Waals surface area contributed by atoms with Crippen molar-refractivity contribution in [2.75, 3.05) is 0 Å². The van der Waals surface area contributed by atoms with E-state index in [-0.39, 0.29) is 5.56 Å². The van der Waals surface area contributed by atoms with Crippen molar-refractivity contribution >= 4 is 17.6 Å². The Hall–Kier alpha value is -1.88. The fourth-order valence-electron chi connectivity index (χ4n) is 1.43. The molecule has 0 saturated carbocycles. The molecule has 5 nitrogen and oxygen atoms in total. The fourth-order valence-corrected chi connectivity index (χ4v) is 1.65. The molecular formula is C10H8ClN3O2. The average molecular weight is 238 g/mol. The zero-order valence-electron chi connectivity index (χ0n) is 8.38. The molecule has 0 aromatic carbocycles. The van der Waals surface area contributed by atoms with Crippen LogP contribution in [0.4, 0.5) is 0 Å². The maximum absolute atomic E-state index is 11.0. The maximum atomic E-state index is 11.0. The van der Waals surface area contributed by atoms with Crippen LogP contribution in [0.1, 0.15) is 10.4 Å². The van der Waals surface area contributed by atoms with Crippen LogP contribution in [0.15, 0.2) is 24.5 Å². The van der Waals surface area contributed by atoms with Crippen molar-refractivity contribution in [1.29, 1.82) is 0 Å². The minimum absolute atomic E-state index is 0.0862. The fraction of sp³-hybridized carbons (Fsp3) is 0.100. The van der Waals surface area contributed by atoms with E-state index in [2.05, 4.69) is 10.1 Å². The molecule has 6 heteroatoms. The van der Waals surface area contributed by atoms with Gasteiger partial charge in [0.05, 0.1) is 11.2 Å². The van der Waals surface area contributed by atoms with E-state index in [9.17, 15) is 4.79 Å². The molecule has 0 unspecified atom stereocenters. The Kier molecular flexibility index (Phi) is 2.62. The summed E-state index contributed by atoms with van der Waals surface area (Å²) in [4.78, 5) is 15.1. The largest absolute Gasteiger partial charge is 0.478 e. The van der Waals surface area contributed by atoms with Crippen LogP contribution < -0.4 is 0 Å². The Morgan fingerprint density at radius 2 is 2.31 bits per heavy atom. The van der Waals surface area contributed by atoms with E-state index in [0.717, 1.165) is 0 Å². The van der Waals surface area contributed by atoms with Gasteiger partial charge < -0.3 is 5.11 Å². The van der Waals surface area contributed by atoms with Crippen molar-refractivity contribution in [2.24, 2.45) is 7.05 Å². The number of carbonyl (C=O) groups is 1. The van der Waals surface area contributed by atoms with Gasteiger partial charge in [0.25, 0.3) is 0 Å². The van der Waals surface area contributed by atoms with Crippen molar-refractivity contribution < 1.29 is 9.90 Å². The van der Waals surface area contributed by atoms with Crippen LogP contribution in [-0.2, 0) is 7.05 Å². The highest BCUT2D eigenvalue weighted by atomic mass is 35.5. The van der Waals surface area contributed by atoms with Crippen molar-refractivity contribution in [3.8, 4) is 11.4 Å². The first-order chi connectivity index (χ1) is 7.61. The molecule has 0 saturated heterocycles. The standard InChI is InChI=1S/C10H8ClN3O2/c1-14-9(6(5-13-14)10(15)16)8-7(11)3-2-4-12-8/h2-5H,1H3,(H,15,16). The van der Waals surface area contributed by atoms with Crippen LogP contribution in [0.2, 0.25) is 5.02 Å². The Morgan fingerprint density at radius 3 is 2.94 bits per heavy atom. The minimum Gasteiger partial charge on any atom is -0.478 e. The SMILES string of the molecule is Cn1ncc(C(=O)O)c1-c1ncccc1Cl. The van der Waals surface area contributed by atoms with E-state index in [4.69, 9.17) is 16.7 Å². The average Bonchev–Trinajstić information content (AvgIpc) is 2.61. The van der Waals surface area contributed by atoms with Crippen LogP contribution in [0.25, 0.3) is 11.4 Å². The molecule has 2 aromatic heterocycles. The molecule has 0 radical (unpaired) electrons. The number of carboxylic acids is 1. The predicted molar refractivity (Wildman–Crippen MR) is 58.4 cm³/mol. The summed E-state index contributed by atoms with van der Waals surface area (Å²) in [5.41, 5.74) is 0.905. The van der Waals surface area contributed by atoms with Crippen LogP contribution in [0.3, 0.4) is 0 Å². The van der Waals surface area contributed by atoms with Gasteiger partial charge in [-0.05, 0) is 12.1 Å². The van der Waals surface area contributed by atoms with Gasteiger partial charge in [-0.25, -0.2) is 4.79 Å². The highest BCUT2D eigenvalue weighted by molar-refractivity contribution is 6.33. The maximum Gasteiger partial charge on any atom is 0.339 e. The molecule has 1 N–H and O–H groups in total. The second kappa shape index (κ2) is 3.94. The van der Waals surface area contributed by atoms with Crippen molar-refractivity contribution in [3.05, 3.63) is 35.1 Å². The summed E-state index contributed by atoms with van der Waals surface area (Å²) >= 11 is 5.97. The number of hydrogen-bond acceptors (Lipinski definition) is 3. The first kappa shape index (κ1) is 10.6. The number of nitrogens with zero attached hydrogens (tertiary/aromatic N) is 3. The lowest BCUT2D eigenvalue weighted by molar-refractivity contribution is 0.0697. The number of pyridine rings is 1. The van der Waals surface area contributed by atoms with E-state index in [1.54, 1.807) is 25.4 Å². The van der Waals surface area contributed by atoms with E-state index in [1.807, 2.05) is 0 Å². The Bertz CT molecular complexity index is 551. The molecule has 2 aromatic rings. The Morgan fingerprint density at radius 1 is 1.56 bits per heavy atom. The summed E-state index contributed by atoms with van der Waals surface area (Å²) in [5.74, 6) is -1.05. The highest BCUT2D eigenvalue weighted by Crippen LogP contribution is 2.27. The number of aromatic carboxylic acids is 1. The van der Waals surface area contributed by atoms with Gasteiger partial charge in [0, 0.05) is 13.2 Å². The first-order valence-electron chi connectivity index (χ1n) is 4.47. The molecule has 0 aliphatic carbocycles. The van der Waals surface area contributed by atoms with Gasteiger partial charge in [-0.2, -0.15) is 5.10 Å². The molecule has 0 aliphatic heterocycles. The second-order valence-electron chi connectivity index (χ2n) is 3.17. The summed E-state index contributed by atoms with van der Waals surface area (Å²) < 4.78 is 1.44. The molecule has 0 fully saturated rings. The van der Waals surface area contributed by atoms with Crippen molar-refractivity contribution in [3.63, 3.8) is 0 Å². The van der Waals surface area contributed by atoms with Gasteiger partial charge in [-0.1, -0.05) is 11.6 Å². The molecule has 0 bridgehead atoms. The molecule has 16 heavy (non-hydrogen) atoms. The van der Waals surface area contributed by atoms with Gasteiger partial charge in [0.2, 0.25) is 0 Å². The van der Waals surface area contributed by atoms with E-state index >= 15 is 0 Å². The molecule has 2 rings (SSSR count). The number of hydrogen-bond donors (Lipinski definition) is 1. The monoisotopic (exact) mass is 237 g/mol. The van der Waals surface area contributed by atoms with Crippen molar-refractivity contribution in [2.45, 2.75) is 0 Å². The molecule has 0 amide bonds. The third kappa shape index (κ3) is 1.65. The smallest absolute Gasteiger partial charge is 0.339 e. The number of aromatic nitrogens is 3. The van der Waals surface area contributed by atoms with Gasteiger partial charge in [-0.15, -0.1) is 0 Å². The summed E-state index contributed by atoms with van der Waals surface area (Å²) in [5, 5.41) is 13.3. The lowest BCUT2D eigenvalue weighted by atomic mass is 10.2. The van der Waals surface area contributed by atoms with Gasteiger partial charge >= 0.3 is 5.97 Å². The minimum atomic E-state index is -1.05. The van der Waals surface area contributed by atoms with Crippen LogP contribution in [0.5, 0.6) is 0 Å². The normalized spacial score (nSPS) is 10.4. The van der Waals surface area contributed by atoms with E-state index < -0.39 is 5.97 Å². The lowest BCUT2D eigenvalue weighted by Gasteiger charge is -2.04.